The van der Waals surface area contributed by atoms with E-state index < -0.39 is 0 Å². The van der Waals surface area contributed by atoms with E-state index in [0.717, 1.165) is 18.6 Å². The molecule has 0 saturated carbocycles. The zero-order valence-corrected chi connectivity index (χ0v) is 11.8. The molecule has 2 aromatic heterocycles. The Morgan fingerprint density at radius 2 is 2.10 bits per heavy atom. The van der Waals surface area contributed by atoms with Crippen LogP contribution in [0.15, 0.2) is 49.1 Å². The fraction of sp³-hybridized carbons (Fsp3) is 0.250. The summed E-state index contributed by atoms with van der Waals surface area (Å²) in [6.07, 6.45) is 5.59. The highest BCUT2D eigenvalue weighted by Crippen LogP contribution is 2.15. The maximum atomic E-state index is 4.35. The lowest BCUT2D eigenvalue weighted by Gasteiger charge is -2.17. The van der Waals surface area contributed by atoms with Gasteiger partial charge in [-0.3, -0.25) is 9.88 Å². The number of imidazole rings is 1. The first kappa shape index (κ1) is 12.8. The van der Waals surface area contributed by atoms with Crippen molar-refractivity contribution in [1.82, 2.24) is 19.4 Å². The Labute approximate surface area is 118 Å². The molecule has 0 bridgehead atoms. The number of hydrogen-bond donors (Lipinski definition) is 0. The van der Waals surface area contributed by atoms with Crippen LogP contribution in [0.2, 0.25) is 0 Å². The van der Waals surface area contributed by atoms with Crippen LogP contribution in [0.1, 0.15) is 11.3 Å². The van der Waals surface area contributed by atoms with Crippen molar-refractivity contribution in [3.8, 4) is 0 Å². The summed E-state index contributed by atoms with van der Waals surface area (Å²) < 4.78 is 2.06. The fourth-order valence-corrected chi connectivity index (χ4v) is 2.40. The highest BCUT2D eigenvalue weighted by molar-refractivity contribution is 5.78. The minimum absolute atomic E-state index is 0.890. The van der Waals surface area contributed by atoms with Gasteiger partial charge in [0.2, 0.25) is 0 Å². The summed E-state index contributed by atoms with van der Waals surface area (Å²) in [6, 6.07) is 10.5. The molecule has 3 rings (SSSR count). The van der Waals surface area contributed by atoms with Gasteiger partial charge in [0.25, 0.3) is 0 Å². The van der Waals surface area contributed by atoms with Gasteiger partial charge < -0.3 is 4.57 Å². The number of nitrogens with zero attached hydrogens (tertiary/aromatic N) is 4. The third-order valence-corrected chi connectivity index (χ3v) is 3.47. The SMILES string of the molecule is CN(Cc1ccc2ncccc2c1)Cc1cncn1C. The van der Waals surface area contributed by atoms with Crippen molar-refractivity contribution in [3.63, 3.8) is 0 Å². The van der Waals surface area contributed by atoms with Gasteiger partial charge in [-0.2, -0.15) is 0 Å². The number of pyridine rings is 1. The van der Waals surface area contributed by atoms with E-state index in [1.54, 1.807) is 0 Å². The average molecular weight is 266 g/mol. The third kappa shape index (κ3) is 2.70. The molecule has 4 heteroatoms. The molecule has 0 amide bonds. The number of benzene rings is 1. The molecular weight excluding hydrogens is 248 g/mol. The topological polar surface area (TPSA) is 34.0 Å². The first-order valence-corrected chi connectivity index (χ1v) is 6.70. The molecule has 0 unspecified atom stereocenters. The molecule has 102 valence electrons. The van der Waals surface area contributed by atoms with Gasteiger partial charge in [-0.25, -0.2) is 4.98 Å². The van der Waals surface area contributed by atoms with Crippen molar-refractivity contribution in [1.29, 1.82) is 0 Å². The van der Waals surface area contributed by atoms with Crippen LogP contribution in [0.3, 0.4) is 0 Å². The maximum absolute atomic E-state index is 4.35. The molecular formula is C16H18N4. The second-order valence-electron chi connectivity index (χ2n) is 5.20. The summed E-state index contributed by atoms with van der Waals surface area (Å²) >= 11 is 0. The molecule has 0 aliphatic rings. The van der Waals surface area contributed by atoms with Crippen LogP contribution >= 0.6 is 0 Å². The van der Waals surface area contributed by atoms with Crippen molar-refractivity contribution in [3.05, 3.63) is 60.3 Å². The molecule has 0 spiro atoms. The second kappa shape index (κ2) is 5.43. The van der Waals surface area contributed by atoms with Crippen molar-refractivity contribution in [2.45, 2.75) is 13.1 Å². The molecule has 0 aliphatic heterocycles. The highest BCUT2D eigenvalue weighted by Gasteiger charge is 2.05. The van der Waals surface area contributed by atoms with Crippen molar-refractivity contribution < 1.29 is 0 Å². The smallest absolute Gasteiger partial charge is 0.0945 e. The van der Waals surface area contributed by atoms with Crippen molar-refractivity contribution in [2.24, 2.45) is 7.05 Å². The minimum atomic E-state index is 0.890. The summed E-state index contributed by atoms with van der Waals surface area (Å²) in [4.78, 5) is 10.8. The summed E-state index contributed by atoms with van der Waals surface area (Å²) in [5, 5.41) is 1.19. The normalized spacial score (nSPS) is 11.3. The van der Waals surface area contributed by atoms with E-state index >= 15 is 0 Å². The molecule has 0 saturated heterocycles. The molecule has 0 radical (unpaired) electrons. The van der Waals surface area contributed by atoms with Gasteiger partial charge in [-0.15, -0.1) is 0 Å². The predicted molar refractivity (Wildman–Crippen MR) is 80.1 cm³/mol. The lowest BCUT2D eigenvalue weighted by molar-refractivity contribution is 0.311. The van der Waals surface area contributed by atoms with Gasteiger partial charge in [0, 0.05) is 37.9 Å². The van der Waals surface area contributed by atoms with Gasteiger partial charge in [0.05, 0.1) is 17.5 Å². The van der Waals surface area contributed by atoms with Crippen molar-refractivity contribution >= 4 is 10.9 Å². The lowest BCUT2D eigenvalue weighted by atomic mass is 10.1. The van der Waals surface area contributed by atoms with Gasteiger partial charge in [0.15, 0.2) is 0 Å². The fourth-order valence-electron chi connectivity index (χ4n) is 2.40. The Bertz CT molecular complexity index is 717. The van der Waals surface area contributed by atoms with Crippen LogP contribution in [-0.4, -0.2) is 26.5 Å². The second-order valence-corrected chi connectivity index (χ2v) is 5.20. The van der Waals surface area contributed by atoms with E-state index in [4.69, 9.17) is 0 Å². The summed E-state index contributed by atoms with van der Waals surface area (Å²) in [5.74, 6) is 0. The van der Waals surface area contributed by atoms with Gasteiger partial charge >= 0.3 is 0 Å². The Morgan fingerprint density at radius 3 is 2.90 bits per heavy atom. The highest BCUT2D eigenvalue weighted by atomic mass is 15.1. The van der Waals surface area contributed by atoms with E-state index in [1.165, 1.54) is 16.6 Å². The van der Waals surface area contributed by atoms with E-state index in [0.29, 0.717) is 0 Å². The number of aryl methyl sites for hydroxylation is 1. The van der Waals surface area contributed by atoms with Crippen LogP contribution < -0.4 is 0 Å². The van der Waals surface area contributed by atoms with Gasteiger partial charge in [-0.1, -0.05) is 12.1 Å². The van der Waals surface area contributed by atoms with Crippen LogP contribution in [0.4, 0.5) is 0 Å². The molecule has 0 N–H and O–H groups in total. The zero-order chi connectivity index (χ0) is 13.9. The van der Waals surface area contributed by atoms with Crippen LogP contribution in [0.25, 0.3) is 10.9 Å². The van der Waals surface area contributed by atoms with E-state index in [-0.39, 0.29) is 0 Å². The van der Waals surface area contributed by atoms with Gasteiger partial charge in [-0.05, 0) is 30.8 Å². The Hall–Kier alpha value is -2.20. The van der Waals surface area contributed by atoms with E-state index in [2.05, 4.69) is 50.7 Å². The minimum Gasteiger partial charge on any atom is -0.337 e. The van der Waals surface area contributed by atoms with Crippen LogP contribution in [-0.2, 0) is 20.1 Å². The number of aromatic nitrogens is 3. The monoisotopic (exact) mass is 266 g/mol. The van der Waals surface area contributed by atoms with Crippen LogP contribution in [0.5, 0.6) is 0 Å². The predicted octanol–water partition coefficient (Wildman–Crippen LogP) is 2.60. The van der Waals surface area contributed by atoms with Crippen molar-refractivity contribution in [2.75, 3.05) is 7.05 Å². The standard InChI is InChI=1S/C16H18N4/c1-19(11-15-9-17-12-20(15)2)10-13-5-6-16-14(8-13)4-3-7-18-16/h3-9,12H,10-11H2,1-2H3. The van der Waals surface area contributed by atoms with Crippen LogP contribution in [0, 0.1) is 0 Å². The average Bonchev–Trinajstić information content (AvgIpc) is 2.84. The first-order chi connectivity index (χ1) is 9.72. The summed E-state index contributed by atoms with van der Waals surface area (Å²) in [5.41, 5.74) is 3.57. The zero-order valence-electron chi connectivity index (χ0n) is 11.8. The van der Waals surface area contributed by atoms with E-state index in [1.807, 2.05) is 31.8 Å². The molecule has 1 aromatic carbocycles. The molecule has 0 aliphatic carbocycles. The number of fused-ring (bicyclic) bond motifs is 1. The number of hydrogen-bond acceptors (Lipinski definition) is 3. The third-order valence-electron chi connectivity index (χ3n) is 3.47. The van der Waals surface area contributed by atoms with E-state index in [9.17, 15) is 0 Å². The van der Waals surface area contributed by atoms with Gasteiger partial charge in [0.1, 0.15) is 0 Å². The summed E-state index contributed by atoms with van der Waals surface area (Å²) in [7, 11) is 4.15. The Kier molecular flexibility index (Phi) is 3.48. The molecule has 2 heterocycles. The first-order valence-electron chi connectivity index (χ1n) is 6.70. The molecule has 3 aromatic rings. The maximum Gasteiger partial charge on any atom is 0.0945 e. The molecule has 0 atom stereocenters. The lowest BCUT2D eigenvalue weighted by Crippen LogP contribution is -2.18. The largest absolute Gasteiger partial charge is 0.337 e. The summed E-state index contributed by atoms with van der Waals surface area (Å²) in [6.45, 7) is 1.80. The quantitative estimate of drug-likeness (QED) is 0.728. The molecule has 0 fully saturated rings. The molecule has 20 heavy (non-hydrogen) atoms. The number of rotatable bonds is 4. The molecule has 4 nitrogen and oxygen atoms in total. The Morgan fingerprint density at radius 1 is 1.20 bits per heavy atom. The Balaban J connectivity index is 1.74.